The summed E-state index contributed by atoms with van der Waals surface area (Å²) in [6.45, 7) is 2.27. The van der Waals surface area contributed by atoms with Crippen LogP contribution in [0.4, 0.5) is 0 Å². The van der Waals surface area contributed by atoms with E-state index in [1.807, 2.05) is 6.92 Å². The monoisotopic (exact) mass is 231 g/mol. The average Bonchev–Trinajstić information content (AvgIpc) is 2.16. The third-order valence-corrected chi connectivity index (χ3v) is 3.10. The van der Waals surface area contributed by atoms with Crippen molar-refractivity contribution < 1.29 is 8.42 Å². The number of hydrogen-bond acceptors (Lipinski definition) is 3. The molecule has 0 aliphatic rings. The van der Waals surface area contributed by atoms with Crippen molar-refractivity contribution in [1.82, 2.24) is 6.15 Å². The first-order valence-corrected chi connectivity index (χ1v) is 5.71. The standard InChI is InChI=1S/C9H13N2O2S.H3N/c1-8-2-4-9(5-3-8)14(12,13)11-7-6-10;/h2-5H,6-7,10H2,1H3;1H3/q-1;/p+1. The molecule has 1 aromatic rings. The van der Waals surface area contributed by atoms with Gasteiger partial charge in [-0.15, -0.1) is 6.54 Å². The van der Waals surface area contributed by atoms with Crippen molar-refractivity contribution in [3.63, 3.8) is 0 Å². The first kappa shape index (κ1) is 14.1. The van der Waals surface area contributed by atoms with E-state index in [1.165, 1.54) is 0 Å². The summed E-state index contributed by atoms with van der Waals surface area (Å²) in [5.41, 5.74) is 6.20. The van der Waals surface area contributed by atoms with Gasteiger partial charge in [-0.1, -0.05) is 17.7 Å². The topological polar surface area (TPSA) is 111 Å². The van der Waals surface area contributed by atoms with Crippen LogP contribution in [0, 0.1) is 6.92 Å². The molecule has 0 aromatic heterocycles. The molecule has 0 radical (unpaired) electrons. The summed E-state index contributed by atoms with van der Waals surface area (Å²) in [7, 11) is -3.49. The Hall–Kier alpha value is -0.950. The van der Waals surface area contributed by atoms with Gasteiger partial charge < -0.3 is 16.6 Å². The summed E-state index contributed by atoms with van der Waals surface area (Å²) < 4.78 is 26.5. The molecule has 86 valence electrons. The molecule has 0 saturated heterocycles. The lowest BCUT2D eigenvalue weighted by molar-refractivity contribution is 0.601. The number of aryl methyl sites for hydroxylation is 1. The van der Waals surface area contributed by atoms with Gasteiger partial charge in [0.1, 0.15) is 10.0 Å². The minimum atomic E-state index is -3.49. The van der Waals surface area contributed by atoms with Crippen molar-refractivity contribution in [2.24, 2.45) is 5.73 Å². The average molecular weight is 231 g/mol. The number of nitrogens with two attached hydrogens (primary N) is 1. The van der Waals surface area contributed by atoms with E-state index in [1.54, 1.807) is 24.3 Å². The van der Waals surface area contributed by atoms with E-state index in [2.05, 4.69) is 4.72 Å². The number of sulfonamides is 1. The maximum Gasteiger partial charge on any atom is 0.101 e. The first-order chi connectivity index (χ1) is 6.56. The molecular formula is C9H17N3O2S. The van der Waals surface area contributed by atoms with Crippen molar-refractivity contribution >= 4 is 10.0 Å². The molecule has 6 heteroatoms. The van der Waals surface area contributed by atoms with Crippen LogP contribution >= 0.6 is 0 Å². The highest BCUT2D eigenvalue weighted by Crippen LogP contribution is 2.16. The lowest BCUT2D eigenvalue weighted by Gasteiger charge is -2.18. The van der Waals surface area contributed by atoms with Gasteiger partial charge in [0.2, 0.25) is 0 Å². The maximum atomic E-state index is 11.5. The Bertz CT molecular complexity index is 386. The molecule has 0 saturated carbocycles. The van der Waals surface area contributed by atoms with Gasteiger partial charge in [0, 0.05) is 4.90 Å². The van der Waals surface area contributed by atoms with Gasteiger partial charge in [0.05, 0.1) is 0 Å². The highest BCUT2D eigenvalue weighted by molar-refractivity contribution is 7.94. The molecule has 1 rings (SSSR count). The van der Waals surface area contributed by atoms with Crippen molar-refractivity contribution in [3.8, 4) is 0 Å². The van der Waals surface area contributed by atoms with Crippen LogP contribution in [0.3, 0.4) is 0 Å². The van der Waals surface area contributed by atoms with Crippen LogP contribution in [0.25, 0.3) is 4.72 Å². The largest absolute Gasteiger partial charge is 0.544 e. The fraction of sp³-hybridized carbons (Fsp3) is 0.333. The quantitative estimate of drug-likeness (QED) is 0.816. The molecule has 0 fully saturated rings. The molecule has 1 aromatic carbocycles. The predicted octanol–water partition coefficient (Wildman–Crippen LogP) is 1.39. The number of nitrogens with zero attached hydrogens (tertiary/aromatic N) is 1. The molecule has 15 heavy (non-hydrogen) atoms. The Balaban J connectivity index is 0.00000196. The van der Waals surface area contributed by atoms with E-state index in [9.17, 15) is 8.42 Å². The third kappa shape index (κ3) is 3.96. The molecular weight excluding hydrogens is 214 g/mol. The van der Waals surface area contributed by atoms with Crippen LogP contribution in [0.2, 0.25) is 0 Å². The highest BCUT2D eigenvalue weighted by Gasteiger charge is 2.01. The second-order valence-electron chi connectivity index (χ2n) is 2.93. The van der Waals surface area contributed by atoms with Crippen LogP contribution in [0.1, 0.15) is 5.56 Å². The number of benzene rings is 1. The molecule has 0 spiro atoms. The van der Waals surface area contributed by atoms with E-state index in [-0.39, 0.29) is 24.1 Å². The lowest BCUT2D eigenvalue weighted by Crippen LogP contribution is -2.09. The van der Waals surface area contributed by atoms with Crippen molar-refractivity contribution in [1.29, 1.82) is 0 Å². The van der Waals surface area contributed by atoms with Crippen LogP contribution in [-0.4, -0.2) is 21.5 Å². The Morgan fingerprint density at radius 3 is 2.27 bits per heavy atom. The van der Waals surface area contributed by atoms with Gasteiger partial charge >= 0.3 is 0 Å². The number of quaternary nitrogens is 1. The Labute approximate surface area is 90.3 Å². The molecule has 0 aliphatic heterocycles. The van der Waals surface area contributed by atoms with Gasteiger partial charge in [-0.2, -0.15) is 0 Å². The molecule has 5 nitrogen and oxygen atoms in total. The van der Waals surface area contributed by atoms with Crippen molar-refractivity contribution in [3.05, 3.63) is 34.6 Å². The summed E-state index contributed by atoms with van der Waals surface area (Å²) >= 11 is 0. The fourth-order valence-electron chi connectivity index (χ4n) is 0.958. The molecule has 0 unspecified atom stereocenters. The molecule has 0 heterocycles. The molecule has 0 amide bonds. The van der Waals surface area contributed by atoms with Crippen molar-refractivity contribution in [2.45, 2.75) is 11.8 Å². The Morgan fingerprint density at radius 2 is 1.80 bits per heavy atom. The van der Waals surface area contributed by atoms with E-state index < -0.39 is 10.0 Å². The van der Waals surface area contributed by atoms with Gasteiger partial charge in [0.15, 0.2) is 0 Å². The highest BCUT2D eigenvalue weighted by atomic mass is 32.2. The van der Waals surface area contributed by atoms with E-state index in [0.717, 1.165) is 5.56 Å². The SMILES string of the molecule is Cc1ccc(S(=O)(=O)[N-]CCN)cc1.[NH4+]. The molecule has 6 N–H and O–H groups in total. The van der Waals surface area contributed by atoms with Gasteiger partial charge in [-0.3, -0.25) is 0 Å². The smallest absolute Gasteiger partial charge is 0.101 e. The number of hydrogen-bond donors (Lipinski definition) is 2. The summed E-state index contributed by atoms with van der Waals surface area (Å²) in [5.74, 6) is 0. The minimum Gasteiger partial charge on any atom is -0.544 e. The van der Waals surface area contributed by atoms with E-state index in [4.69, 9.17) is 5.73 Å². The normalized spacial score (nSPS) is 10.8. The first-order valence-electron chi connectivity index (χ1n) is 4.27. The lowest BCUT2D eigenvalue weighted by atomic mass is 10.2. The van der Waals surface area contributed by atoms with Crippen LogP contribution in [0.5, 0.6) is 0 Å². The fourth-order valence-corrected chi connectivity index (χ4v) is 1.93. The van der Waals surface area contributed by atoms with Gasteiger partial charge in [0.25, 0.3) is 0 Å². The van der Waals surface area contributed by atoms with E-state index in [0.29, 0.717) is 0 Å². The maximum absolute atomic E-state index is 11.5. The zero-order valence-corrected chi connectivity index (χ0v) is 9.79. The number of rotatable bonds is 4. The van der Waals surface area contributed by atoms with Crippen LogP contribution in [-0.2, 0) is 10.0 Å². The predicted molar refractivity (Wildman–Crippen MR) is 61.6 cm³/mol. The van der Waals surface area contributed by atoms with Gasteiger partial charge in [-0.05, 0) is 25.6 Å². The van der Waals surface area contributed by atoms with Crippen LogP contribution < -0.4 is 11.9 Å². The second kappa shape index (κ2) is 5.82. The van der Waals surface area contributed by atoms with Crippen LogP contribution in [0.15, 0.2) is 29.2 Å². The third-order valence-electron chi connectivity index (χ3n) is 1.71. The summed E-state index contributed by atoms with van der Waals surface area (Å²) in [4.78, 5) is 0.219. The summed E-state index contributed by atoms with van der Waals surface area (Å²) in [5, 5.41) is 0. The molecule has 0 bridgehead atoms. The minimum absolute atomic E-state index is 0. The summed E-state index contributed by atoms with van der Waals surface area (Å²) in [6, 6.07) is 6.57. The van der Waals surface area contributed by atoms with E-state index >= 15 is 0 Å². The second-order valence-corrected chi connectivity index (χ2v) is 4.61. The van der Waals surface area contributed by atoms with Gasteiger partial charge in [-0.25, -0.2) is 8.42 Å². The Morgan fingerprint density at radius 1 is 1.27 bits per heavy atom. The zero-order chi connectivity index (χ0) is 10.6. The molecule has 0 atom stereocenters. The summed E-state index contributed by atoms with van der Waals surface area (Å²) in [6.07, 6.45) is 0. The molecule has 0 aliphatic carbocycles. The van der Waals surface area contributed by atoms with Crippen molar-refractivity contribution in [2.75, 3.05) is 13.1 Å². The zero-order valence-electron chi connectivity index (χ0n) is 8.97. The Kier molecular flexibility index (Phi) is 5.45.